The van der Waals surface area contributed by atoms with Crippen LogP contribution >= 0.6 is 11.8 Å². The summed E-state index contributed by atoms with van der Waals surface area (Å²) in [4.78, 5) is 16.0. The van der Waals surface area contributed by atoms with Crippen LogP contribution in [0, 0.1) is 34.0 Å². The van der Waals surface area contributed by atoms with E-state index in [1.54, 1.807) is 24.3 Å². The second kappa shape index (κ2) is 7.64. The summed E-state index contributed by atoms with van der Waals surface area (Å²) in [7, 11) is 0. The zero-order valence-electron chi connectivity index (χ0n) is 12.3. The van der Waals surface area contributed by atoms with Crippen molar-refractivity contribution in [1.29, 1.82) is 15.8 Å². The number of amides is 1. The monoisotopic (exact) mass is 334 g/mol. The number of carbonyl (C=O) groups excluding carboxylic acids is 1. The highest BCUT2D eigenvalue weighted by molar-refractivity contribution is 8.00. The third-order valence-electron chi connectivity index (χ3n) is 2.87. The molecule has 24 heavy (non-hydrogen) atoms. The lowest BCUT2D eigenvalue weighted by Gasteiger charge is -2.07. The van der Waals surface area contributed by atoms with Gasteiger partial charge in [-0.15, -0.1) is 0 Å². The van der Waals surface area contributed by atoms with Gasteiger partial charge in [-0.1, -0.05) is 17.8 Å². The summed E-state index contributed by atoms with van der Waals surface area (Å²) in [5.74, 6) is -0.297. The fourth-order valence-corrected chi connectivity index (χ4v) is 2.55. The number of anilines is 2. The third-order valence-corrected chi connectivity index (χ3v) is 3.86. The number of hydrogen-bond acceptors (Lipinski definition) is 7. The van der Waals surface area contributed by atoms with Gasteiger partial charge < -0.3 is 11.1 Å². The average Bonchev–Trinajstić information content (AvgIpc) is 2.60. The topological polar surface area (TPSA) is 139 Å². The molecule has 0 aliphatic carbocycles. The van der Waals surface area contributed by atoms with Gasteiger partial charge in [0.25, 0.3) is 0 Å². The Morgan fingerprint density at radius 2 is 1.92 bits per heavy atom. The number of thioether (sulfide) groups is 1. The molecule has 0 fully saturated rings. The molecule has 0 aliphatic rings. The van der Waals surface area contributed by atoms with Crippen LogP contribution in [0.1, 0.15) is 16.7 Å². The van der Waals surface area contributed by atoms with Crippen molar-refractivity contribution in [1.82, 2.24) is 4.98 Å². The fraction of sp³-hybridized carbons (Fsp3) is 0.0625. The first-order chi connectivity index (χ1) is 11.6. The Bertz CT molecular complexity index is 920. The van der Waals surface area contributed by atoms with E-state index in [4.69, 9.17) is 21.5 Å². The fourth-order valence-electron chi connectivity index (χ4n) is 1.79. The highest BCUT2D eigenvalue weighted by Gasteiger charge is 2.12. The molecule has 8 heteroatoms. The minimum atomic E-state index is -0.316. The lowest BCUT2D eigenvalue weighted by Crippen LogP contribution is -2.14. The summed E-state index contributed by atoms with van der Waals surface area (Å²) in [5.41, 5.74) is 6.88. The summed E-state index contributed by atoms with van der Waals surface area (Å²) in [6.45, 7) is 0. The molecule has 7 nitrogen and oxygen atoms in total. The molecule has 0 spiro atoms. The highest BCUT2D eigenvalue weighted by Crippen LogP contribution is 2.24. The predicted octanol–water partition coefficient (Wildman–Crippen LogP) is 2.01. The van der Waals surface area contributed by atoms with Crippen molar-refractivity contribution in [2.24, 2.45) is 0 Å². The van der Waals surface area contributed by atoms with Gasteiger partial charge in [0.15, 0.2) is 0 Å². The van der Waals surface area contributed by atoms with E-state index in [-0.39, 0.29) is 33.6 Å². The maximum Gasteiger partial charge on any atom is 0.234 e. The van der Waals surface area contributed by atoms with Crippen molar-refractivity contribution in [3.05, 3.63) is 47.0 Å². The molecule has 1 heterocycles. The van der Waals surface area contributed by atoms with E-state index in [0.29, 0.717) is 11.3 Å². The molecule has 116 valence electrons. The van der Waals surface area contributed by atoms with Gasteiger partial charge in [-0.2, -0.15) is 15.8 Å². The second-order valence-corrected chi connectivity index (χ2v) is 5.49. The molecular formula is C16H10N6OS. The van der Waals surface area contributed by atoms with Gasteiger partial charge in [-0.05, 0) is 24.3 Å². The Labute approximate surface area is 142 Å². The van der Waals surface area contributed by atoms with Crippen LogP contribution in [-0.4, -0.2) is 16.6 Å². The van der Waals surface area contributed by atoms with E-state index in [1.807, 2.05) is 18.2 Å². The first-order valence-electron chi connectivity index (χ1n) is 6.61. The van der Waals surface area contributed by atoms with Gasteiger partial charge in [-0.3, -0.25) is 4.79 Å². The van der Waals surface area contributed by atoms with Crippen LogP contribution in [-0.2, 0) is 4.79 Å². The van der Waals surface area contributed by atoms with Crippen LogP contribution in [0.3, 0.4) is 0 Å². The van der Waals surface area contributed by atoms with Crippen molar-refractivity contribution in [2.75, 3.05) is 16.8 Å². The molecule has 2 aromatic rings. The molecule has 0 aliphatic heterocycles. The molecule has 1 amide bonds. The molecule has 0 saturated heterocycles. The van der Waals surface area contributed by atoms with Crippen molar-refractivity contribution >= 4 is 29.2 Å². The number of pyridine rings is 1. The molecule has 3 N–H and O–H groups in total. The smallest absolute Gasteiger partial charge is 0.234 e. The minimum Gasteiger partial charge on any atom is -0.383 e. The number of nitrogens with one attached hydrogen (secondary N) is 1. The third kappa shape index (κ3) is 4.01. The van der Waals surface area contributed by atoms with E-state index in [9.17, 15) is 4.79 Å². The van der Waals surface area contributed by atoms with Crippen LogP contribution in [0.25, 0.3) is 0 Å². The summed E-state index contributed by atoms with van der Waals surface area (Å²) in [6.07, 6.45) is 0. The number of nitriles is 3. The summed E-state index contributed by atoms with van der Waals surface area (Å²) >= 11 is 1.04. The summed E-state index contributed by atoms with van der Waals surface area (Å²) < 4.78 is 0. The zero-order valence-corrected chi connectivity index (χ0v) is 13.1. The molecule has 1 aromatic carbocycles. The number of carbonyl (C=O) groups is 1. The highest BCUT2D eigenvalue weighted by atomic mass is 32.2. The number of aromatic nitrogens is 1. The standard InChI is InChI=1S/C16H10N6OS/c17-6-10-2-1-3-13(4-10)21-14(23)9-24-16-12(8-19)5-11(7-18)15(20)22-16/h1-5H,9H2,(H2,20,22)(H,21,23). The first-order valence-corrected chi connectivity index (χ1v) is 7.59. The van der Waals surface area contributed by atoms with E-state index < -0.39 is 0 Å². The quantitative estimate of drug-likeness (QED) is 0.815. The van der Waals surface area contributed by atoms with Crippen molar-refractivity contribution < 1.29 is 4.79 Å². The zero-order chi connectivity index (χ0) is 17.5. The summed E-state index contributed by atoms with van der Waals surface area (Å²) in [5, 5.41) is 29.8. The number of benzene rings is 1. The van der Waals surface area contributed by atoms with E-state index >= 15 is 0 Å². The van der Waals surface area contributed by atoms with Crippen LogP contribution in [0.15, 0.2) is 35.4 Å². The van der Waals surface area contributed by atoms with Gasteiger partial charge in [0.05, 0.1) is 28.5 Å². The predicted molar refractivity (Wildman–Crippen MR) is 88.6 cm³/mol. The Balaban J connectivity index is 2.07. The van der Waals surface area contributed by atoms with Gasteiger partial charge in [-0.25, -0.2) is 4.98 Å². The normalized spacial score (nSPS) is 9.38. The summed E-state index contributed by atoms with van der Waals surface area (Å²) in [6, 6.07) is 13.6. The first kappa shape index (κ1) is 16.8. The number of nitrogen functional groups attached to an aromatic ring is 1. The maximum absolute atomic E-state index is 12.0. The second-order valence-electron chi connectivity index (χ2n) is 4.53. The van der Waals surface area contributed by atoms with Crippen molar-refractivity contribution in [2.45, 2.75) is 5.03 Å². The van der Waals surface area contributed by atoms with Crippen molar-refractivity contribution in [3.8, 4) is 18.2 Å². The Hall–Kier alpha value is -3.54. The molecule has 1 aromatic heterocycles. The molecule has 0 unspecified atom stereocenters. The number of hydrogen-bond donors (Lipinski definition) is 2. The van der Waals surface area contributed by atoms with Gasteiger partial charge >= 0.3 is 0 Å². The van der Waals surface area contributed by atoms with E-state index in [1.165, 1.54) is 6.07 Å². The maximum atomic E-state index is 12.0. The average molecular weight is 334 g/mol. The molecule has 0 bridgehead atoms. The molecule has 0 saturated carbocycles. The number of rotatable bonds is 4. The Kier molecular flexibility index (Phi) is 5.36. The van der Waals surface area contributed by atoms with Crippen LogP contribution < -0.4 is 11.1 Å². The van der Waals surface area contributed by atoms with Gasteiger partial charge in [0, 0.05) is 5.69 Å². The molecule has 0 atom stereocenters. The van der Waals surface area contributed by atoms with Crippen molar-refractivity contribution in [3.63, 3.8) is 0 Å². The largest absolute Gasteiger partial charge is 0.383 e. The van der Waals surface area contributed by atoms with E-state index in [2.05, 4.69) is 10.3 Å². The molecular weight excluding hydrogens is 324 g/mol. The Morgan fingerprint density at radius 3 is 2.58 bits per heavy atom. The SMILES string of the molecule is N#Cc1cccc(NC(=O)CSc2nc(N)c(C#N)cc2C#N)c1. The van der Waals surface area contributed by atoms with Crippen LogP contribution in [0.2, 0.25) is 0 Å². The number of nitrogens with two attached hydrogens (primary N) is 1. The minimum absolute atomic E-state index is 0.00377. The number of nitrogens with zero attached hydrogens (tertiary/aromatic N) is 4. The van der Waals surface area contributed by atoms with Gasteiger partial charge in [0.1, 0.15) is 23.0 Å². The van der Waals surface area contributed by atoms with Crippen LogP contribution in [0.5, 0.6) is 0 Å². The van der Waals surface area contributed by atoms with Gasteiger partial charge in [0.2, 0.25) is 5.91 Å². The lowest BCUT2D eigenvalue weighted by molar-refractivity contribution is -0.113. The lowest BCUT2D eigenvalue weighted by atomic mass is 10.2. The Morgan fingerprint density at radius 1 is 1.17 bits per heavy atom. The van der Waals surface area contributed by atoms with E-state index in [0.717, 1.165) is 11.8 Å². The molecule has 0 radical (unpaired) electrons. The van der Waals surface area contributed by atoms with Crippen LogP contribution in [0.4, 0.5) is 11.5 Å². The molecule has 2 rings (SSSR count).